The minimum absolute atomic E-state index is 0.242. The van der Waals surface area contributed by atoms with Gasteiger partial charge >= 0.3 is 0 Å². The summed E-state index contributed by atoms with van der Waals surface area (Å²) in [5.74, 6) is 0. The summed E-state index contributed by atoms with van der Waals surface area (Å²) in [6.45, 7) is 2.74. The highest BCUT2D eigenvalue weighted by atomic mass is 16.1. The van der Waals surface area contributed by atoms with Crippen LogP contribution in [0, 0.1) is 0 Å². The molecule has 2 aromatic carbocycles. The topological polar surface area (TPSA) is 23.6 Å². The van der Waals surface area contributed by atoms with Crippen molar-refractivity contribution in [2.24, 2.45) is 0 Å². The van der Waals surface area contributed by atoms with Gasteiger partial charge in [-0.3, -0.25) is 4.79 Å². The Kier molecular flexibility index (Phi) is 5.44. The first-order valence-electron chi connectivity index (χ1n) is 8.67. The van der Waals surface area contributed by atoms with E-state index < -0.39 is 0 Å². The molecule has 3 heteroatoms. The maximum absolute atomic E-state index is 11.4. The minimum Gasteiger partial charge on any atom is -0.289 e. The van der Waals surface area contributed by atoms with Crippen LogP contribution in [0.5, 0.6) is 0 Å². The number of nitrogens with zero attached hydrogens (tertiary/aromatic N) is 2. The largest absolute Gasteiger partial charge is 0.289 e. The lowest BCUT2D eigenvalue weighted by Gasteiger charge is -2.42. The van der Waals surface area contributed by atoms with Crippen LogP contribution in [0.15, 0.2) is 54.6 Å². The van der Waals surface area contributed by atoms with Gasteiger partial charge in [0, 0.05) is 19.6 Å². The Labute approximate surface area is 144 Å². The number of carbonyl (C=O) groups excluding carboxylic acids is 1. The molecule has 1 aliphatic carbocycles. The molecule has 3 nitrogen and oxygen atoms in total. The van der Waals surface area contributed by atoms with Crippen LogP contribution in [0.4, 0.5) is 0 Å². The predicted molar refractivity (Wildman–Crippen MR) is 97.2 cm³/mol. The van der Waals surface area contributed by atoms with Crippen LogP contribution < -0.4 is 0 Å². The van der Waals surface area contributed by atoms with Crippen molar-refractivity contribution in [1.82, 2.24) is 10.0 Å². The van der Waals surface area contributed by atoms with Gasteiger partial charge in [-0.2, -0.15) is 0 Å². The highest BCUT2D eigenvalue weighted by Crippen LogP contribution is 2.26. The second kappa shape index (κ2) is 7.73. The zero-order chi connectivity index (χ0) is 16.9. The highest BCUT2D eigenvalue weighted by molar-refractivity contribution is 5.57. The molecule has 2 atom stereocenters. The molecular weight excluding hydrogens is 296 g/mol. The van der Waals surface area contributed by atoms with Gasteiger partial charge < -0.3 is 0 Å². The Balaban J connectivity index is 1.78. The lowest BCUT2D eigenvalue weighted by molar-refractivity contribution is -0.0635. The molecule has 1 radical (unpaired) electrons. The maximum atomic E-state index is 11.4. The van der Waals surface area contributed by atoms with Crippen LogP contribution in [0.1, 0.15) is 30.0 Å². The summed E-state index contributed by atoms with van der Waals surface area (Å²) in [6, 6.07) is 19.1. The average Bonchev–Trinajstić information content (AvgIpc) is 2.62. The second-order valence-corrected chi connectivity index (χ2v) is 6.64. The number of fused-ring (bicyclic) bond motifs is 1. The van der Waals surface area contributed by atoms with Gasteiger partial charge in [-0.05, 0) is 42.9 Å². The molecule has 0 saturated heterocycles. The fraction of sp³-hybridized carbons (Fsp3) is 0.381. The Morgan fingerprint density at radius 2 is 1.75 bits per heavy atom. The molecule has 0 N–H and O–H groups in total. The zero-order valence-corrected chi connectivity index (χ0v) is 14.5. The minimum atomic E-state index is -0.242. The quantitative estimate of drug-likeness (QED) is 0.762. The molecule has 0 fully saturated rings. The number of hydrazine groups is 1. The third kappa shape index (κ3) is 3.74. The average molecular weight is 321 g/mol. The zero-order valence-electron chi connectivity index (χ0n) is 14.5. The van der Waals surface area contributed by atoms with E-state index in [1.807, 2.05) is 13.0 Å². The molecule has 0 aliphatic heterocycles. The second-order valence-electron chi connectivity index (χ2n) is 6.64. The summed E-state index contributed by atoms with van der Waals surface area (Å²) in [4.78, 5) is 11.4. The molecule has 1 unspecified atom stereocenters. The molecule has 0 heterocycles. The molecule has 0 aromatic heterocycles. The van der Waals surface area contributed by atoms with Gasteiger partial charge in [0.1, 0.15) is 0 Å². The van der Waals surface area contributed by atoms with Crippen LogP contribution in [-0.2, 0) is 24.2 Å². The van der Waals surface area contributed by atoms with E-state index in [2.05, 4.69) is 71.9 Å². The van der Waals surface area contributed by atoms with Gasteiger partial charge in [0.25, 0.3) is 0 Å². The third-order valence-electron chi connectivity index (χ3n) is 4.91. The number of hydrogen-bond donors (Lipinski definition) is 0. The molecule has 3 rings (SSSR count). The number of rotatable bonds is 6. The monoisotopic (exact) mass is 321 g/mol. The predicted octanol–water partition coefficient (Wildman–Crippen LogP) is 3.39. The van der Waals surface area contributed by atoms with E-state index in [-0.39, 0.29) is 6.04 Å². The third-order valence-corrected chi connectivity index (χ3v) is 4.91. The highest BCUT2D eigenvalue weighted by Gasteiger charge is 2.30. The van der Waals surface area contributed by atoms with Crippen LogP contribution in [0.3, 0.4) is 0 Å². The summed E-state index contributed by atoms with van der Waals surface area (Å²) < 4.78 is 0. The van der Waals surface area contributed by atoms with Crippen molar-refractivity contribution in [2.45, 2.75) is 44.8 Å². The van der Waals surface area contributed by atoms with Crippen LogP contribution in [0.2, 0.25) is 0 Å². The Bertz CT molecular complexity index is 671. The molecule has 24 heavy (non-hydrogen) atoms. The molecule has 0 amide bonds. The van der Waals surface area contributed by atoms with Crippen molar-refractivity contribution in [3.05, 3.63) is 71.3 Å². The van der Waals surface area contributed by atoms with E-state index in [4.69, 9.17) is 0 Å². The summed E-state index contributed by atoms with van der Waals surface area (Å²) in [5.41, 5.74) is 4.10. The number of aryl methyl sites for hydroxylation is 1. The number of benzene rings is 2. The lowest BCUT2D eigenvalue weighted by Crippen LogP contribution is -2.53. The Morgan fingerprint density at radius 1 is 1.08 bits per heavy atom. The Hall–Kier alpha value is -1.97. The van der Waals surface area contributed by atoms with Gasteiger partial charge in [-0.15, -0.1) is 0 Å². The summed E-state index contributed by atoms with van der Waals surface area (Å²) in [6.07, 6.45) is 5.32. The van der Waals surface area contributed by atoms with E-state index in [0.717, 1.165) is 25.8 Å². The van der Waals surface area contributed by atoms with Gasteiger partial charge in [-0.25, -0.2) is 10.0 Å². The lowest BCUT2D eigenvalue weighted by atomic mass is 9.87. The smallest absolute Gasteiger partial charge is 0.218 e. The first kappa shape index (κ1) is 16.9. The van der Waals surface area contributed by atoms with Gasteiger partial charge in [0.2, 0.25) is 6.29 Å². The van der Waals surface area contributed by atoms with Gasteiger partial charge in [0.15, 0.2) is 0 Å². The van der Waals surface area contributed by atoms with E-state index in [0.29, 0.717) is 6.04 Å². The van der Waals surface area contributed by atoms with Gasteiger partial charge in [0.05, 0.1) is 6.04 Å². The van der Waals surface area contributed by atoms with E-state index in [9.17, 15) is 4.79 Å². The van der Waals surface area contributed by atoms with E-state index in [1.165, 1.54) is 16.7 Å². The van der Waals surface area contributed by atoms with Crippen molar-refractivity contribution < 1.29 is 4.79 Å². The molecular formula is C21H25N2O. The van der Waals surface area contributed by atoms with Crippen LogP contribution in [0.25, 0.3) is 0 Å². The van der Waals surface area contributed by atoms with Crippen molar-refractivity contribution in [2.75, 3.05) is 7.05 Å². The van der Waals surface area contributed by atoms with Crippen molar-refractivity contribution in [3.8, 4) is 0 Å². The Morgan fingerprint density at radius 3 is 2.46 bits per heavy atom. The van der Waals surface area contributed by atoms with E-state index >= 15 is 0 Å². The van der Waals surface area contributed by atoms with Gasteiger partial charge in [-0.1, -0.05) is 54.6 Å². The molecule has 0 saturated carbocycles. The molecule has 2 aromatic rings. The van der Waals surface area contributed by atoms with Crippen molar-refractivity contribution in [1.29, 1.82) is 0 Å². The first-order valence-corrected chi connectivity index (χ1v) is 8.67. The summed E-state index contributed by atoms with van der Waals surface area (Å²) >= 11 is 0. The van der Waals surface area contributed by atoms with E-state index in [1.54, 1.807) is 0 Å². The number of hydrogen-bond acceptors (Lipinski definition) is 3. The fourth-order valence-corrected chi connectivity index (χ4v) is 3.78. The molecule has 0 spiro atoms. The van der Waals surface area contributed by atoms with Crippen molar-refractivity contribution in [3.63, 3.8) is 0 Å². The SMILES string of the molecule is C[C@@H]([C]=O)N(C1CCc2ccccc2C1)N(C)Cc1ccccc1. The summed E-state index contributed by atoms with van der Waals surface area (Å²) in [7, 11) is 2.07. The molecule has 0 bridgehead atoms. The van der Waals surface area contributed by atoms with Crippen molar-refractivity contribution >= 4 is 6.29 Å². The first-order chi connectivity index (χ1) is 11.7. The molecule has 125 valence electrons. The molecule has 1 aliphatic rings. The normalized spacial score (nSPS) is 18.4. The maximum Gasteiger partial charge on any atom is 0.218 e. The van der Waals surface area contributed by atoms with Crippen LogP contribution in [-0.4, -0.2) is 35.4 Å². The standard InChI is InChI=1S/C21H25N2O/c1-17(16-24)23(22(2)15-18-8-4-3-5-9-18)21-13-12-19-10-6-7-11-20(19)14-21/h3-11,17,21H,12-15H2,1-2H3/t17-,21?/m0/s1. The fourth-order valence-electron chi connectivity index (χ4n) is 3.78. The summed E-state index contributed by atoms with van der Waals surface area (Å²) in [5, 5.41) is 4.40. The van der Waals surface area contributed by atoms with Crippen LogP contribution >= 0.6 is 0 Å².